The van der Waals surface area contributed by atoms with Gasteiger partial charge >= 0.3 is 0 Å². The van der Waals surface area contributed by atoms with E-state index in [2.05, 4.69) is 16.8 Å². The zero-order valence-electron chi connectivity index (χ0n) is 13.0. The molecule has 1 fully saturated rings. The second kappa shape index (κ2) is 6.56. The lowest BCUT2D eigenvalue weighted by Crippen LogP contribution is -2.35. The Balaban J connectivity index is 1.56. The zero-order valence-corrected chi connectivity index (χ0v) is 14.5. The number of amides is 1. The summed E-state index contributed by atoms with van der Waals surface area (Å²) in [4.78, 5) is 21.7. The van der Waals surface area contributed by atoms with E-state index in [0.29, 0.717) is 24.2 Å². The molecule has 0 bridgehead atoms. The Hall–Kier alpha value is -1.11. The molecule has 1 unspecified atom stereocenters. The summed E-state index contributed by atoms with van der Waals surface area (Å²) in [5, 5.41) is 2.55. The number of hydrogen-bond acceptors (Lipinski definition) is 4. The minimum atomic E-state index is 0.261. The van der Waals surface area contributed by atoms with Crippen molar-refractivity contribution in [1.82, 2.24) is 19.2 Å². The molecule has 120 valence electrons. The molecule has 1 saturated heterocycles. The number of imidazole rings is 1. The quantitative estimate of drug-likeness (QED) is 0.840. The lowest BCUT2D eigenvalue weighted by atomic mass is 10.2. The molecule has 0 aromatic carbocycles. The molecule has 0 radical (unpaired) electrons. The van der Waals surface area contributed by atoms with Crippen LogP contribution < -0.4 is 0 Å². The number of aromatic nitrogens is 2. The van der Waals surface area contributed by atoms with Crippen molar-refractivity contribution in [1.29, 1.82) is 0 Å². The molecular formula is C15H21ClN4OS. The first-order valence-corrected chi connectivity index (χ1v) is 8.90. The number of likely N-dealkylation sites (tertiary alicyclic amines) is 1. The summed E-state index contributed by atoms with van der Waals surface area (Å²) in [7, 11) is 2.02. The predicted molar refractivity (Wildman–Crippen MR) is 89.4 cm³/mol. The number of carbonyl (C=O) groups excluding carboxylic acids is 1. The van der Waals surface area contributed by atoms with Crippen LogP contribution in [0, 0.1) is 0 Å². The Kier molecular flexibility index (Phi) is 4.70. The van der Waals surface area contributed by atoms with Gasteiger partial charge in [-0.3, -0.25) is 14.1 Å². The number of thiazole rings is 1. The molecule has 1 aliphatic heterocycles. The van der Waals surface area contributed by atoms with E-state index in [4.69, 9.17) is 11.6 Å². The van der Waals surface area contributed by atoms with Crippen molar-refractivity contribution < 1.29 is 4.79 Å². The Bertz CT molecular complexity index is 668. The van der Waals surface area contributed by atoms with Gasteiger partial charge in [-0.05, 0) is 26.8 Å². The lowest BCUT2D eigenvalue weighted by Gasteiger charge is -2.23. The first-order chi connectivity index (χ1) is 10.6. The molecule has 0 N–H and O–H groups in total. The Morgan fingerprint density at radius 2 is 2.41 bits per heavy atom. The third-order valence-electron chi connectivity index (χ3n) is 4.31. The molecular weight excluding hydrogens is 320 g/mol. The molecule has 0 aliphatic carbocycles. The standard InChI is InChI=1S/C15H21ClN4OS/c1-11-4-3-6-19(11)13(21)5-7-18(2)10-12-14(16)17-15-20(12)8-9-22-15/h8-9,11H,3-7,10H2,1-2H3. The van der Waals surface area contributed by atoms with Gasteiger partial charge in [-0.1, -0.05) is 11.6 Å². The lowest BCUT2D eigenvalue weighted by molar-refractivity contribution is -0.132. The normalized spacial score (nSPS) is 18.7. The highest BCUT2D eigenvalue weighted by Gasteiger charge is 2.24. The highest BCUT2D eigenvalue weighted by atomic mass is 35.5. The predicted octanol–water partition coefficient (Wildman–Crippen LogP) is 2.88. The van der Waals surface area contributed by atoms with E-state index in [1.54, 1.807) is 11.3 Å². The monoisotopic (exact) mass is 340 g/mol. The van der Waals surface area contributed by atoms with Crippen LogP contribution in [-0.2, 0) is 11.3 Å². The summed E-state index contributed by atoms with van der Waals surface area (Å²) in [6, 6.07) is 0.396. The summed E-state index contributed by atoms with van der Waals surface area (Å²) < 4.78 is 2.02. The number of fused-ring (bicyclic) bond motifs is 1. The van der Waals surface area contributed by atoms with Crippen LogP contribution in [0.15, 0.2) is 11.6 Å². The fourth-order valence-corrected chi connectivity index (χ4v) is 4.03. The first kappa shape index (κ1) is 15.8. The van der Waals surface area contributed by atoms with Gasteiger partial charge in [0.15, 0.2) is 10.1 Å². The van der Waals surface area contributed by atoms with Crippen LogP contribution in [0.2, 0.25) is 5.15 Å². The van der Waals surface area contributed by atoms with Crippen molar-refractivity contribution in [3.8, 4) is 0 Å². The molecule has 7 heteroatoms. The van der Waals surface area contributed by atoms with Crippen LogP contribution in [0.3, 0.4) is 0 Å². The molecule has 1 amide bonds. The van der Waals surface area contributed by atoms with Crippen LogP contribution in [0.1, 0.15) is 31.9 Å². The van der Waals surface area contributed by atoms with E-state index < -0.39 is 0 Å². The Labute approximate surface area is 139 Å². The Morgan fingerprint density at radius 3 is 3.14 bits per heavy atom. The number of nitrogens with zero attached hydrogens (tertiary/aromatic N) is 4. The van der Waals surface area contributed by atoms with Gasteiger partial charge in [-0.25, -0.2) is 4.98 Å². The first-order valence-electron chi connectivity index (χ1n) is 7.64. The van der Waals surface area contributed by atoms with Crippen molar-refractivity contribution in [3.05, 3.63) is 22.4 Å². The van der Waals surface area contributed by atoms with Crippen molar-refractivity contribution >= 4 is 33.8 Å². The van der Waals surface area contributed by atoms with Gasteiger partial charge in [0.25, 0.3) is 0 Å². The van der Waals surface area contributed by atoms with Gasteiger partial charge in [-0.2, -0.15) is 0 Å². The maximum Gasteiger partial charge on any atom is 0.224 e. The molecule has 1 aliphatic rings. The maximum atomic E-state index is 12.3. The molecule has 5 nitrogen and oxygen atoms in total. The molecule has 22 heavy (non-hydrogen) atoms. The van der Waals surface area contributed by atoms with E-state index >= 15 is 0 Å². The molecule has 0 spiro atoms. The van der Waals surface area contributed by atoms with Gasteiger partial charge < -0.3 is 4.90 Å². The fourth-order valence-electron chi connectivity index (χ4n) is 3.02. The average molecular weight is 341 g/mol. The van der Waals surface area contributed by atoms with E-state index in [-0.39, 0.29) is 5.91 Å². The third kappa shape index (κ3) is 3.14. The number of halogens is 1. The number of carbonyl (C=O) groups is 1. The van der Waals surface area contributed by atoms with Gasteiger partial charge in [0.05, 0.1) is 5.69 Å². The molecule has 3 heterocycles. The van der Waals surface area contributed by atoms with Gasteiger partial charge in [-0.15, -0.1) is 11.3 Å². The minimum Gasteiger partial charge on any atom is -0.340 e. The summed E-state index contributed by atoms with van der Waals surface area (Å²) >= 11 is 7.78. The van der Waals surface area contributed by atoms with Crippen LogP contribution >= 0.6 is 22.9 Å². The summed E-state index contributed by atoms with van der Waals surface area (Å²) in [6.07, 6.45) is 4.80. The maximum absolute atomic E-state index is 12.3. The Morgan fingerprint density at radius 1 is 1.59 bits per heavy atom. The highest BCUT2D eigenvalue weighted by molar-refractivity contribution is 7.15. The third-order valence-corrected chi connectivity index (χ3v) is 5.37. The van der Waals surface area contributed by atoms with Gasteiger partial charge in [0, 0.05) is 43.7 Å². The van der Waals surface area contributed by atoms with Gasteiger partial charge in [0.1, 0.15) is 0 Å². The van der Waals surface area contributed by atoms with Crippen molar-refractivity contribution in [2.24, 2.45) is 0 Å². The number of rotatable bonds is 5. The minimum absolute atomic E-state index is 0.261. The topological polar surface area (TPSA) is 40.9 Å². The smallest absolute Gasteiger partial charge is 0.224 e. The molecule has 1 atom stereocenters. The van der Waals surface area contributed by atoms with Crippen molar-refractivity contribution in [2.75, 3.05) is 20.1 Å². The van der Waals surface area contributed by atoms with E-state index in [0.717, 1.165) is 36.6 Å². The average Bonchev–Trinajstić information content (AvgIpc) is 3.16. The second-order valence-corrected chi connectivity index (χ2v) is 7.20. The fraction of sp³-hybridized carbons (Fsp3) is 0.600. The SMILES string of the molecule is CC1CCCN1C(=O)CCN(C)Cc1c(Cl)nc2sccn12. The summed E-state index contributed by atoms with van der Waals surface area (Å²) in [5.41, 5.74) is 0.988. The van der Waals surface area contributed by atoms with Crippen LogP contribution in [-0.4, -0.2) is 51.3 Å². The van der Waals surface area contributed by atoms with E-state index in [1.165, 1.54) is 0 Å². The molecule has 2 aromatic rings. The van der Waals surface area contributed by atoms with Crippen LogP contribution in [0.25, 0.3) is 4.96 Å². The summed E-state index contributed by atoms with van der Waals surface area (Å²) in [5.74, 6) is 0.261. The summed E-state index contributed by atoms with van der Waals surface area (Å²) in [6.45, 7) is 4.47. The highest BCUT2D eigenvalue weighted by Crippen LogP contribution is 2.22. The second-order valence-electron chi connectivity index (χ2n) is 5.97. The van der Waals surface area contributed by atoms with Crippen LogP contribution in [0.5, 0.6) is 0 Å². The van der Waals surface area contributed by atoms with Crippen molar-refractivity contribution in [2.45, 2.75) is 38.8 Å². The van der Waals surface area contributed by atoms with Crippen molar-refractivity contribution in [3.63, 3.8) is 0 Å². The molecule has 2 aromatic heterocycles. The van der Waals surface area contributed by atoms with Gasteiger partial charge in [0.2, 0.25) is 5.91 Å². The largest absolute Gasteiger partial charge is 0.340 e. The zero-order chi connectivity index (χ0) is 15.7. The number of hydrogen-bond donors (Lipinski definition) is 0. The van der Waals surface area contributed by atoms with Crippen LogP contribution in [0.4, 0.5) is 0 Å². The van der Waals surface area contributed by atoms with E-state index in [1.807, 2.05) is 27.9 Å². The molecule has 0 saturated carbocycles. The van der Waals surface area contributed by atoms with E-state index in [9.17, 15) is 4.79 Å². The molecule has 3 rings (SSSR count).